The van der Waals surface area contributed by atoms with Gasteiger partial charge in [-0.1, -0.05) is 6.07 Å². The third-order valence-corrected chi connectivity index (χ3v) is 6.12. The number of nitrogens with zero attached hydrogens (tertiary/aromatic N) is 2. The van der Waals surface area contributed by atoms with Crippen molar-refractivity contribution in [2.24, 2.45) is 7.05 Å². The number of amides is 1. The minimum Gasteiger partial charge on any atom is -0.321 e. The van der Waals surface area contributed by atoms with Gasteiger partial charge >= 0.3 is 0 Å². The van der Waals surface area contributed by atoms with Crippen molar-refractivity contribution in [1.29, 1.82) is 0 Å². The molecule has 2 heterocycles. The molecule has 0 aliphatic heterocycles. The lowest BCUT2D eigenvalue weighted by molar-refractivity contribution is 0.103. The molecule has 24 heavy (non-hydrogen) atoms. The molecule has 2 aromatic heterocycles. The number of hydrogen-bond donors (Lipinski definition) is 1. The normalized spacial score (nSPS) is 11.8. The lowest BCUT2D eigenvalue weighted by atomic mass is 10.2. The van der Waals surface area contributed by atoms with Gasteiger partial charge in [0.25, 0.3) is 5.91 Å². The molecule has 6 nitrogen and oxygen atoms in total. The summed E-state index contributed by atoms with van der Waals surface area (Å²) in [4.78, 5) is 14.2. The van der Waals surface area contributed by atoms with Gasteiger partial charge in [0.05, 0.1) is 15.5 Å². The Labute approximate surface area is 144 Å². The average molecular weight is 363 g/mol. The summed E-state index contributed by atoms with van der Waals surface area (Å²) < 4.78 is 25.1. The average Bonchev–Trinajstić information content (AvgIpc) is 3.03. The summed E-state index contributed by atoms with van der Waals surface area (Å²) >= 11 is 1.36. The second-order valence-corrected chi connectivity index (χ2v) is 8.79. The molecule has 0 aliphatic carbocycles. The van der Waals surface area contributed by atoms with Crippen LogP contribution >= 0.6 is 11.3 Å². The quantitative estimate of drug-likeness (QED) is 0.776. The highest BCUT2D eigenvalue weighted by Gasteiger charge is 2.17. The van der Waals surface area contributed by atoms with Crippen LogP contribution in [0.25, 0.3) is 10.2 Å². The molecule has 0 spiro atoms. The second kappa shape index (κ2) is 5.71. The van der Waals surface area contributed by atoms with E-state index in [0.29, 0.717) is 10.6 Å². The van der Waals surface area contributed by atoms with E-state index in [-0.39, 0.29) is 10.8 Å². The van der Waals surface area contributed by atoms with E-state index >= 15 is 0 Å². The summed E-state index contributed by atoms with van der Waals surface area (Å²) in [6.45, 7) is 3.72. The van der Waals surface area contributed by atoms with Crippen LogP contribution in [0.15, 0.2) is 29.2 Å². The number of sulfone groups is 1. The van der Waals surface area contributed by atoms with Crippen LogP contribution in [0.2, 0.25) is 0 Å². The molecule has 0 aliphatic rings. The zero-order chi connectivity index (χ0) is 17.6. The Balaban J connectivity index is 1.95. The van der Waals surface area contributed by atoms with E-state index in [9.17, 15) is 13.2 Å². The largest absolute Gasteiger partial charge is 0.321 e. The lowest BCUT2D eigenvalue weighted by Crippen LogP contribution is -2.12. The predicted molar refractivity (Wildman–Crippen MR) is 95.6 cm³/mol. The number of carbonyl (C=O) groups is 1. The summed E-state index contributed by atoms with van der Waals surface area (Å²) in [6.07, 6.45) is 1.14. The summed E-state index contributed by atoms with van der Waals surface area (Å²) in [5, 5.41) is 8.08. The fraction of sp³-hybridized carbons (Fsp3) is 0.250. The van der Waals surface area contributed by atoms with E-state index in [1.54, 1.807) is 10.7 Å². The van der Waals surface area contributed by atoms with Gasteiger partial charge in [-0.25, -0.2) is 8.42 Å². The van der Waals surface area contributed by atoms with Crippen LogP contribution in [0.3, 0.4) is 0 Å². The maximum absolute atomic E-state index is 12.5. The molecule has 3 rings (SSSR count). The third kappa shape index (κ3) is 2.94. The van der Waals surface area contributed by atoms with Gasteiger partial charge in [-0.3, -0.25) is 9.48 Å². The molecule has 0 unspecified atom stereocenters. The highest BCUT2D eigenvalue weighted by molar-refractivity contribution is 7.90. The number of aryl methyl sites for hydroxylation is 3. The monoisotopic (exact) mass is 363 g/mol. The van der Waals surface area contributed by atoms with Gasteiger partial charge < -0.3 is 5.32 Å². The van der Waals surface area contributed by atoms with Crippen LogP contribution in [0.5, 0.6) is 0 Å². The standard InChI is InChI=1S/C16H17N3O3S2/c1-9-5-6-11(24(4,21)22)7-13(9)17-15(20)14-8-12-10(2)18-19(3)16(12)23-14/h5-8H,1-4H3,(H,17,20). The molecular weight excluding hydrogens is 346 g/mol. The molecule has 8 heteroatoms. The molecule has 3 aromatic rings. The highest BCUT2D eigenvalue weighted by Crippen LogP contribution is 2.29. The van der Waals surface area contributed by atoms with Crippen LogP contribution < -0.4 is 5.32 Å². The number of fused-ring (bicyclic) bond motifs is 1. The van der Waals surface area contributed by atoms with Crippen LogP contribution in [0.4, 0.5) is 5.69 Å². The molecule has 0 atom stereocenters. The number of anilines is 1. The lowest BCUT2D eigenvalue weighted by Gasteiger charge is -2.09. The van der Waals surface area contributed by atoms with E-state index in [1.807, 2.05) is 27.0 Å². The predicted octanol–water partition coefficient (Wildman–Crippen LogP) is 2.91. The van der Waals surface area contributed by atoms with Crippen molar-refractivity contribution in [3.05, 3.63) is 40.4 Å². The fourth-order valence-corrected chi connectivity index (χ4v) is 4.13. The van der Waals surface area contributed by atoms with Crippen LogP contribution in [-0.4, -0.2) is 30.4 Å². The van der Waals surface area contributed by atoms with Crippen molar-refractivity contribution in [2.75, 3.05) is 11.6 Å². The summed E-state index contributed by atoms with van der Waals surface area (Å²) in [5.74, 6) is -0.260. The Morgan fingerprint density at radius 1 is 1.25 bits per heavy atom. The van der Waals surface area contributed by atoms with Gasteiger partial charge in [0.1, 0.15) is 4.83 Å². The molecule has 0 saturated carbocycles. The zero-order valence-electron chi connectivity index (χ0n) is 13.7. The highest BCUT2D eigenvalue weighted by atomic mass is 32.2. The second-order valence-electron chi connectivity index (χ2n) is 5.74. The Bertz CT molecular complexity index is 1030. The Hall–Kier alpha value is -2.19. The number of thiophene rings is 1. The van der Waals surface area contributed by atoms with Crippen molar-refractivity contribution in [3.8, 4) is 0 Å². The molecule has 0 radical (unpaired) electrons. The van der Waals surface area contributed by atoms with E-state index in [0.717, 1.165) is 27.7 Å². The van der Waals surface area contributed by atoms with Gasteiger partial charge in [0.2, 0.25) is 0 Å². The SMILES string of the molecule is Cc1ccc(S(C)(=O)=O)cc1NC(=O)c1cc2c(C)nn(C)c2s1. The first-order chi connectivity index (χ1) is 11.2. The van der Waals surface area contributed by atoms with Gasteiger partial charge in [-0.05, 0) is 37.6 Å². The topological polar surface area (TPSA) is 81.1 Å². The van der Waals surface area contributed by atoms with Crippen molar-refractivity contribution in [3.63, 3.8) is 0 Å². The van der Waals surface area contributed by atoms with E-state index in [4.69, 9.17) is 0 Å². The minimum absolute atomic E-state index is 0.180. The number of nitrogens with one attached hydrogen (secondary N) is 1. The molecule has 126 valence electrons. The molecule has 0 fully saturated rings. The summed E-state index contributed by atoms with van der Waals surface area (Å²) in [6, 6.07) is 6.52. The first kappa shape index (κ1) is 16.7. The van der Waals surface area contributed by atoms with E-state index < -0.39 is 9.84 Å². The molecule has 1 amide bonds. The molecule has 0 saturated heterocycles. The Morgan fingerprint density at radius 3 is 2.58 bits per heavy atom. The number of hydrogen-bond acceptors (Lipinski definition) is 5. The van der Waals surface area contributed by atoms with Gasteiger partial charge in [0, 0.05) is 24.4 Å². The fourth-order valence-electron chi connectivity index (χ4n) is 2.47. The number of carbonyl (C=O) groups excluding carboxylic acids is 1. The molecule has 0 bridgehead atoms. The van der Waals surface area contributed by atoms with Crippen LogP contribution in [0, 0.1) is 13.8 Å². The Morgan fingerprint density at radius 2 is 1.96 bits per heavy atom. The first-order valence-corrected chi connectivity index (χ1v) is 9.93. The summed E-state index contributed by atoms with van der Waals surface area (Å²) in [7, 11) is -1.49. The van der Waals surface area contributed by atoms with E-state index in [1.165, 1.54) is 23.5 Å². The molecular formula is C16H17N3O3S2. The van der Waals surface area contributed by atoms with Crippen LogP contribution in [0.1, 0.15) is 20.9 Å². The number of aromatic nitrogens is 2. The van der Waals surface area contributed by atoms with Gasteiger partial charge in [0.15, 0.2) is 9.84 Å². The van der Waals surface area contributed by atoms with Crippen molar-refractivity contribution in [1.82, 2.24) is 9.78 Å². The molecule has 1 N–H and O–H groups in total. The van der Waals surface area contributed by atoms with Gasteiger partial charge in [-0.15, -0.1) is 11.3 Å². The maximum atomic E-state index is 12.5. The maximum Gasteiger partial charge on any atom is 0.265 e. The molecule has 1 aromatic carbocycles. The zero-order valence-corrected chi connectivity index (χ0v) is 15.4. The third-order valence-electron chi connectivity index (χ3n) is 3.81. The number of rotatable bonds is 3. The van der Waals surface area contributed by atoms with E-state index in [2.05, 4.69) is 10.4 Å². The smallest absolute Gasteiger partial charge is 0.265 e. The van der Waals surface area contributed by atoms with Gasteiger partial charge in [-0.2, -0.15) is 5.10 Å². The minimum atomic E-state index is -3.33. The summed E-state index contributed by atoms with van der Waals surface area (Å²) in [5.41, 5.74) is 2.17. The van der Waals surface area contributed by atoms with Crippen molar-refractivity contribution < 1.29 is 13.2 Å². The first-order valence-electron chi connectivity index (χ1n) is 7.22. The van der Waals surface area contributed by atoms with Crippen LogP contribution in [-0.2, 0) is 16.9 Å². The van der Waals surface area contributed by atoms with Crippen molar-refractivity contribution in [2.45, 2.75) is 18.7 Å². The Kier molecular flexibility index (Phi) is 3.97. The number of benzene rings is 1. The van der Waals surface area contributed by atoms with Crippen molar-refractivity contribution >= 4 is 43.0 Å².